The number of cyclic esters (lactones) is 1. The SMILES string of the molecule is COc1ccc(C2=N/C(=C/c3ccc(Cl)c(Cl)c3)C(=O)O2)cc1OC. The Labute approximate surface area is 154 Å². The summed E-state index contributed by atoms with van der Waals surface area (Å²) in [5, 5.41) is 0.832. The number of nitrogens with zero attached hydrogens (tertiary/aromatic N) is 1. The van der Waals surface area contributed by atoms with Crippen LogP contribution in [0.25, 0.3) is 6.08 Å². The van der Waals surface area contributed by atoms with E-state index < -0.39 is 5.97 Å². The Morgan fingerprint density at radius 3 is 2.44 bits per heavy atom. The van der Waals surface area contributed by atoms with Gasteiger partial charge < -0.3 is 14.2 Å². The number of hydrogen-bond donors (Lipinski definition) is 0. The lowest BCUT2D eigenvalue weighted by Crippen LogP contribution is -2.05. The lowest BCUT2D eigenvalue weighted by Gasteiger charge is -2.08. The zero-order chi connectivity index (χ0) is 18.0. The fraction of sp³-hybridized carbons (Fsp3) is 0.111. The van der Waals surface area contributed by atoms with E-state index in [1.807, 2.05) is 0 Å². The molecular formula is C18H13Cl2NO4. The van der Waals surface area contributed by atoms with E-state index in [0.29, 0.717) is 32.7 Å². The van der Waals surface area contributed by atoms with Crippen LogP contribution in [0.3, 0.4) is 0 Å². The van der Waals surface area contributed by atoms with Gasteiger partial charge in [0.05, 0.1) is 24.3 Å². The highest BCUT2D eigenvalue weighted by molar-refractivity contribution is 6.42. The fourth-order valence-corrected chi connectivity index (χ4v) is 2.57. The zero-order valence-corrected chi connectivity index (χ0v) is 14.9. The van der Waals surface area contributed by atoms with Gasteiger partial charge in [-0.05, 0) is 42.0 Å². The van der Waals surface area contributed by atoms with Crippen molar-refractivity contribution in [3.05, 3.63) is 63.3 Å². The van der Waals surface area contributed by atoms with Gasteiger partial charge in [-0.15, -0.1) is 0 Å². The van der Waals surface area contributed by atoms with E-state index in [1.165, 1.54) is 7.11 Å². The summed E-state index contributed by atoms with van der Waals surface area (Å²) in [6.45, 7) is 0. The molecule has 0 fully saturated rings. The largest absolute Gasteiger partial charge is 0.493 e. The van der Waals surface area contributed by atoms with Crippen LogP contribution >= 0.6 is 23.2 Å². The van der Waals surface area contributed by atoms with Crippen molar-refractivity contribution in [2.24, 2.45) is 4.99 Å². The van der Waals surface area contributed by atoms with Gasteiger partial charge in [-0.3, -0.25) is 0 Å². The van der Waals surface area contributed by atoms with E-state index in [1.54, 1.807) is 49.6 Å². The number of methoxy groups -OCH3 is 2. The smallest absolute Gasteiger partial charge is 0.363 e. The van der Waals surface area contributed by atoms with Gasteiger partial charge in [0.2, 0.25) is 5.90 Å². The van der Waals surface area contributed by atoms with E-state index in [4.69, 9.17) is 37.4 Å². The summed E-state index contributed by atoms with van der Waals surface area (Å²) in [6.07, 6.45) is 1.58. The summed E-state index contributed by atoms with van der Waals surface area (Å²) >= 11 is 11.9. The van der Waals surface area contributed by atoms with Crippen LogP contribution in [0.15, 0.2) is 47.1 Å². The van der Waals surface area contributed by atoms with Crippen molar-refractivity contribution < 1.29 is 19.0 Å². The topological polar surface area (TPSA) is 57.1 Å². The number of carbonyl (C=O) groups excluding carboxylic acids is 1. The fourth-order valence-electron chi connectivity index (χ4n) is 2.26. The first-order valence-corrected chi connectivity index (χ1v) is 7.97. The molecule has 0 N–H and O–H groups in total. The van der Waals surface area contributed by atoms with E-state index in [-0.39, 0.29) is 11.6 Å². The minimum absolute atomic E-state index is 0.170. The van der Waals surface area contributed by atoms with Crippen LogP contribution in [0, 0.1) is 0 Å². The second kappa shape index (κ2) is 7.17. The highest BCUT2D eigenvalue weighted by atomic mass is 35.5. The Morgan fingerprint density at radius 1 is 1.00 bits per heavy atom. The molecule has 0 bridgehead atoms. The first-order chi connectivity index (χ1) is 12.0. The molecule has 2 aromatic rings. The van der Waals surface area contributed by atoms with Gasteiger partial charge in [0.15, 0.2) is 17.2 Å². The van der Waals surface area contributed by atoms with Crippen LogP contribution in [0.2, 0.25) is 10.0 Å². The third kappa shape index (κ3) is 3.62. The van der Waals surface area contributed by atoms with Gasteiger partial charge in [0.1, 0.15) is 0 Å². The van der Waals surface area contributed by atoms with Crippen molar-refractivity contribution in [2.75, 3.05) is 14.2 Å². The summed E-state index contributed by atoms with van der Waals surface area (Å²) in [6, 6.07) is 10.2. The van der Waals surface area contributed by atoms with Gasteiger partial charge in [-0.1, -0.05) is 29.3 Å². The molecule has 1 heterocycles. The molecule has 0 amide bonds. The van der Waals surface area contributed by atoms with Crippen molar-refractivity contribution in [1.29, 1.82) is 0 Å². The van der Waals surface area contributed by atoms with Gasteiger partial charge in [0.25, 0.3) is 0 Å². The Morgan fingerprint density at radius 2 is 1.76 bits per heavy atom. The molecule has 128 valence electrons. The first kappa shape index (κ1) is 17.3. The molecule has 7 heteroatoms. The van der Waals surface area contributed by atoms with Crippen LogP contribution in [0.4, 0.5) is 0 Å². The third-order valence-electron chi connectivity index (χ3n) is 3.50. The Kier molecular flexibility index (Phi) is 4.97. The lowest BCUT2D eigenvalue weighted by molar-refractivity contribution is -0.129. The molecule has 3 rings (SSSR count). The maximum absolute atomic E-state index is 12.1. The van der Waals surface area contributed by atoms with Crippen LogP contribution in [0.1, 0.15) is 11.1 Å². The average molecular weight is 378 g/mol. The Balaban J connectivity index is 1.94. The van der Waals surface area contributed by atoms with Crippen molar-refractivity contribution >= 4 is 41.1 Å². The minimum atomic E-state index is -0.546. The molecule has 0 saturated carbocycles. The van der Waals surface area contributed by atoms with Crippen molar-refractivity contribution in [1.82, 2.24) is 0 Å². The third-order valence-corrected chi connectivity index (χ3v) is 4.24. The molecule has 1 aliphatic rings. The van der Waals surface area contributed by atoms with Crippen LogP contribution in [0.5, 0.6) is 11.5 Å². The second-order valence-corrected chi connectivity index (χ2v) is 5.89. The second-order valence-electron chi connectivity index (χ2n) is 5.08. The zero-order valence-electron chi connectivity index (χ0n) is 13.4. The minimum Gasteiger partial charge on any atom is -0.493 e. The van der Waals surface area contributed by atoms with E-state index >= 15 is 0 Å². The van der Waals surface area contributed by atoms with E-state index in [2.05, 4.69) is 4.99 Å². The number of aliphatic imine (C=N–C) groups is 1. The molecule has 0 aliphatic carbocycles. The number of halogens is 2. The summed E-state index contributed by atoms with van der Waals surface area (Å²) in [5.74, 6) is 0.733. The van der Waals surface area contributed by atoms with Gasteiger partial charge in [-0.25, -0.2) is 9.79 Å². The molecule has 0 radical (unpaired) electrons. The molecule has 0 atom stereocenters. The van der Waals surface area contributed by atoms with Gasteiger partial charge >= 0.3 is 5.97 Å². The summed E-state index contributed by atoms with van der Waals surface area (Å²) in [4.78, 5) is 16.3. The summed E-state index contributed by atoms with van der Waals surface area (Å²) < 4.78 is 15.7. The maximum Gasteiger partial charge on any atom is 0.363 e. The number of hydrogen-bond acceptors (Lipinski definition) is 5. The van der Waals surface area contributed by atoms with Crippen molar-refractivity contribution in [3.8, 4) is 11.5 Å². The molecule has 0 saturated heterocycles. The number of esters is 1. The quantitative estimate of drug-likeness (QED) is 0.586. The first-order valence-electron chi connectivity index (χ1n) is 7.22. The summed E-state index contributed by atoms with van der Waals surface area (Å²) in [7, 11) is 3.07. The summed E-state index contributed by atoms with van der Waals surface area (Å²) in [5.41, 5.74) is 1.46. The van der Waals surface area contributed by atoms with E-state index in [9.17, 15) is 4.79 Å². The standard InChI is InChI=1S/C18H13Cl2NO4/c1-23-15-6-4-11(9-16(15)24-2)17-21-14(18(22)25-17)8-10-3-5-12(19)13(20)7-10/h3-9H,1-2H3/b14-8+. The number of benzene rings is 2. The van der Waals surface area contributed by atoms with Crippen molar-refractivity contribution in [3.63, 3.8) is 0 Å². The molecule has 0 unspecified atom stereocenters. The Hall–Kier alpha value is -2.50. The van der Waals surface area contributed by atoms with Crippen LogP contribution < -0.4 is 9.47 Å². The molecule has 25 heavy (non-hydrogen) atoms. The average Bonchev–Trinajstić information content (AvgIpc) is 2.98. The highest BCUT2D eigenvalue weighted by Crippen LogP contribution is 2.30. The predicted molar refractivity (Wildman–Crippen MR) is 96.6 cm³/mol. The Bertz CT molecular complexity index is 906. The molecule has 0 spiro atoms. The predicted octanol–water partition coefficient (Wildman–Crippen LogP) is 4.36. The maximum atomic E-state index is 12.1. The molecule has 1 aliphatic heterocycles. The normalized spacial score (nSPS) is 15.1. The molecule has 2 aromatic carbocycles. The lowest BCUT2D eigenvalue weighted by atomic mass is 10.2. The molecular weight excluding hydrogens is 365 g/mol. The van der Waals surface area contributed by atoms with E-state index in [0.717, 1.165) is 0 Å². The highest BCUT2D eigenvalue weighted by Gasteiger charge is 2.25. The number of rotatable bonds is 4. The molecule has 0 aromatic heterocycles. The van der Waals surface area contributed by atoms with Crippen LogP contribution in [-0.2, 0) is 9.53 Å². The number of carbonyl (C=O) groups is 1. The monoisotopic (exact) mass is 377 g/mol. The van der Waals surface area contributed by atoms with Gasteiger partial charge in [0, 0.05) is 5.56 Å². The molecule has 5 nitrogen and oxygen atoms in total. The van der Waals surface area contributed by atoms with Gasteiger partial charge in [-0.2, -0.15) is 0 Å². The van der Waals surface area contributed by atoms with Crippen molar-refractivity contribution in [2.45, 2.75) is 0 Å². The number of ether oxygens (including phenoxy) is 3. The van der Waals surface area contributed by atoms with Crippen LogP contribution in [-0.4, -0.2) is 26.1 Å².